The first kappa shape index (κ1) is 12.7. The Morgan fingerprint density at radius 1 is 1.35 bits per heavy atom. The Bertz CT molecular complexity index is 336. The SMILES string of the molecule is CC(C)CNCc1nnc(N2CCSCC2)o1. The average molecular weight is 256 g/mol. The number of nitrogens with zero attached hydrogens (tertiary/aromatic N) is 3. The highest BCUT2D eigenvalue weighted by Crippen LogP contribution is 2.17. The molecular weight excluding hydrogens is 236 g/mol. The topological polar surface area (TPSA) is 54.2 Å². The zero-order chi connectivity index (χ0) is 12.1. The van der Waals surface area contributed by atoms with Crippen LogP contribution in [0, 0.1) is 5.92 Å². The van der Waals surface area contributed by atoms with Crippen molar-refractivity contribution in [3.05, 3.63) is 5.89 Å². The smallest absolute Gasteiger partial charge is 0.318 e. The Labute approximate surface area is 106 Å². The van der Waals surface area contributed by atoms with Crippen LogP contribution in [-0.2, 0) is 6.54 Å². The van der Waals surface area contributed by atoms with E-state index in [2.05, 4.69) is 34.3 Å². The summed E-state index contributed by atoms with van der Waals surface area (Å²) in [5.74, 6) is 3.60. The van der Waals surface area contributed by atoms with Gasteiger partial charge in [0.1, 0.15) is 0 Å². The van der Waals surface area contributed by atoms with Crippen molar-refractivity contribution in [2.45, 2.75) is 20.4 Å². The van der Waals surface area contributed by atoms with Crippen molar-refractivity contribution in [1.29, 1.82) is 0 Å². The van der Waals surface area contributed by atoms with Crippen LogP contribution >= 0.6 is 11.8 Å². The molecule has 1 aromatic rings. The number of hydrogen-bond donors (Lipinski definition) is 1. The highest BCUT2D eigenvalue weighted by atomic mass is 32.2. The molecule has 2 heterocycles. The third-order valence-electron chi connectivity index (χ3n) is 2.57. The van der Waals surface area contributed by atoms with E-state index in [0.29, 0.717) is 24.4 Å². The first-order valence-corrected chi connectivity index (χ1v) is 7.27. The van der Waals surface area contributed by atoms with Gasteiger partial charge in [-0.05, 0) is 12.5 Å². The number of nitrogens with one attached hydrogen (secondary N) is 1. The number of hydrogen-bond acceptors (Lipinski definition) is 6. The summed E-state index contributed by atoms with van der Waals surface area (Å²) in [7, 11) is 0. The fourth-order valence-electron chi connectivity index (χ4n) is 1.67. The van der Waals surface area contributed by atoms with Crippen LogP contribution in [0.5, 0.6) is 0 Å². The minimum Gasteiger partial charge on any atom is -0.407 e. The molecule has 6 heteroatoms. The summed E-state index contributed by atoms with van der Waals surface area (Å²) in [6, 6.07) is 0.673. The fourth-order valence-corrected chi connectivity index (χ4v) is 2.57. The van der Waals surface area contributed by atoms with E-state index in [4.69, 9.17) is 4.42 Å². The summed E-state index contributed by atoms with van der Waals surface area (Å²) < 4.78 is 5.64. The van der Waals surface area contributed by atoms with Crippen LogP contribution in [-0.4, -0.2) is 41.3 Å². The van der Waals surface area contributed by atoms with Crippen molar-refractivity contribution in [1.82, 2.24) is 15.5 Å². The van der Waals surface area contributed by atoms with Crippen molar-refractivity contribution in [3.63, 3.8) is 0 Å². The molecule has 0 aliphatic carbocycles. The third kappa shape index (κ3) is 3.89. The second-order valence-electron chi connectivity index (χ2n) is 4.60. The van der Waals surface area contributed by atoms with Gasteiger partial charge in [0.15, 0.2) is 0 Å². The Kier molecular flexibility index (Phi) is 4.67. The molecule has 96 valence electrons. The highest BCUT2D eigenvalue weighted by Gasteiger charge is 2.16. The maximum Gasteiger partial charge on any atom is 0.318 e. The van der Waals surface area contributed by atoms with Crippen LogP contribution in [0.1, 0.15) is 19.7 Å². The Morgan fingerprint density at radius 2 is 2.12 bits per heavy atom. The fraction of sp³-hybridized carbons (Fsp3) is 0.818. The van der Waals surface area contributed by atoms with Crippen molar-refractivity contribution in [3.8, 4) is 0 Å². The van der Waals surface area contributed by atoms with Crippen LogP contribution < -0.4 is 10.2 Å². The summed E-state index contributed by atoms with van der Waals surface area (Å²) in [4.78, 5) is 2.16. The van der Waals surface area contributed by atoms with E-state index >= 15 is 0 Å². The molecule has 1 aromatic heterocycles. The molecule has 1 saturated heterocycles. The summed E-state index contributed by atoms with van der Waals surface area (Å²) in [5.41, 5.74) is 0. The van der Waals surface area contributed by atoms with E-state index in [0.717, 1.165) is 31.1 Å². The molecule has 0 spiro atoms. The lowest BCUT2D eigenvalue weighted by Gasteiger charge is -2.23. The number of anilines is 1. The van der Waals surface area contributed by atoms with Crippen molar-refractivity contribution in [2.75, 3.05) is 36.0 Å². The third-order valence-corrected chi connectivity index (χ3v) is 3.51. The van der Waals surface area contributed by atoms with E-state index in [1.54, 1.807) is 0 Å². The molecule has 0 unspecified atom stereocenters. The van der Waals surface area contributed by atoms with Gasteiger partial charge in [-0.1, -0.05) is 18.9 Å². The predicted octanol–water partition coefficient (Wildman–Crippen LogP) is 1.37. The standard InChI is InChI=1S/C11H20N4OS/c1-9(2)7-12-8-10-13-14-11(16-10)15-3-5-17-6-4-15/h9,12H,3-8H2,1-2H3. The lowest BCUT2D eigenvalue weighted by atomic mass is 10.2. The summed E-state index contributed by atoms with van der Waals surface area (Å²) in [6.07, 6.45) is 0. The largest absolute Gasteiger partial charge is 0.407 e. The van der Waals surface area contributed by atoms with Crippen LogP contribution in [0.2, 0.25) is 0 Å². The van der Waals surface area contributed by atoms with Gasteiger partial charge < -0.3 is 14.6 Å². The van der Waals surface area contributed by atoms with E-state index in [1.165, 1.54) is 0 Å². The maximum atomic E-state index is 5.64. The Morgan fingerprint density at radius 3 is 2.82 bits per heavy atom. The van der Waals surface area contributed by atoms with Gasteiger partial charge in [-0.15, -0.1) is 5.10 Å². The molecule has 0 bridgehead atoms. The molecule has 1 N–H and O–H groups in total. The summed E-state index contributed by atoms with van der Waals surface area (Å²) >= 11 is 1.97. The van der Waals surface area contributed by atoms with Gasteiger partial charge in [0, 0.05) is 24.6 Å². The second kappa shape index (κ2) is 6.26. The van der Waals surface area contributed by atoms with Gasteiger partial charge in [0.05, 0.1) is 6.54 Å². The second-order valence-corrected chi connectivity index (χ2v) is 5.83. The normalized spacial score (nSPS) is 16.8. The Hall–Kier alpha value is -0.750. The van der Waals surface area contributed by atoms with E-state index in [9.17, 15) is 0 Å². The number of aromatic nitrogens is 2. The quantitative estimate of drug-likeness (QED) is 0.858. The van der Waals surface area contributed by atoms with E-state index in [-0.39, 0.29) is 0 Å². The van der Waals surface area contributed by atoms with E-state index in [1.807, 2.05) is 11.8 Å². The van der Waals surface area contributed by atoms with Gasteiger partial charge in [0.2, 0.25) is 5.89 Å². The minimum absolute atomic E-state index is 0.636. The number of rotatable bonds is 5. The molecule has 1 aliphatic rings. The van der Waals surface area contributed by atoms with Crippen molar-refractivity contribution in [2.24, 2.45) is 5.92 Å². The lowest BCUT2D eigenvalue weighted by Crippen LogP contribution is -2.32. The molecule has 5 nitrogen and oxygen atoms in total. The van der Waals surface area contributed by atoms with Gasteiger partial charge in [-0.3, -0.25) is 0 Å². The molecule has 1 fully saturated rings. The first-order valence-electron chi connectivity index (χ1n) is 6.11. The number of thioether (sulfide) groups is 1. The van der Waals surface area contributed by atoms with Crippen molar-refractivity contribution < 1.29 is 4.42 Å². The lowest BCUT2D eigenvalue weighted by molar-refractivity contribution is 0.448. The molecule has 0 amide bonds. The summed E-state index contributed by atoms with van der Waals surface area (Å²) in [5, 5.41) is 11.5. The molecule has 0 atom stereocenters. The Balaban J connectivity index is 1.82. The van der Waals surface area contributed by atoms with Crippen molar-refractivity contribution >= 4 is 17.8 Å². The maximum absolute atomic E-state index is 5.64. The van der Waals surface area contributed by atoms with Crippen LogP contribution in [0.3, 0.4) is 0 Å². The monoisotopic (exact) mass is 256 g/mol. The predicted molar refractivity (Wildman–Crippen MR) is 70.4 cm³/mol. The van der Waals surface area contributed by atoms with Gasteiger partial charge >= 0.3 is 6.01 Å². The molecule has 0 radical (unpaired) electrons. The zero-order valence-electron chi connectivity index (χ0n) is 10.5. The zero-order valence-corrected chi connectivity index (χ0v) is 11.3. The molecule has 0 saturated carbocycles. The van der Waals surface area contributed by atoms with Gasteiger partial charge in [-0.25, -0.2) is 0 Å². The first-order chi connectivity index (χ1) is 8.25. The highest BCUT2D eigenvalue weighted by molar-refractivity contribution is 7.99. The minimum atomic E-state index is 0.636. The van der Waals surface area contributed by atoms with Gasteiger partial charge in [0.25, 0.3) is 0 Å². The molecule has 2 rings (SSSR count). The van der Waals surface area contributed by atoms with Gasteiger partial charge in [-0.2, -0.15) is 11.8 Å². The average Bonchev–Trinajstić information content (AvgIpc) is 2.78. The van der Waals surface area contributed by atoms with Crippen LogP contribution in [0.25, 0.3) is 0 Å². The molecule has 0 aromatic carbocycles. The molecule has 1 aliphatic heterocycles. The molecule has 17 heavy (non-hydrogen) atoms. The summed E-state index contributed by atoms with van der Waals surface area (Å²) in [6.45, 7) is 8.00. The molecular formula is C11H20N4OS. The van der Waals surface area contributed by atoms with E-state index < -0.39 is 0 Å². The van der Waals surface area contributed by atoms with Crippen LogP contribution in [0.15, 0.2) is 4.42 Å². The van der Waals surface area contributed by atoms with Crippen LogP contribution in [0.4, 0.5) is 6.01 Å².